The monoisotopic (exact) mass is 470 g/mol. The molecule has 29 heavy (non-hydrogen) atoms. The largest absolute Gasteiger partial charge is 0.494 e. The van der Waals surface area contributed by atoms with Crippen LogP contribution in [0.1, 0.15) is 53.4 Å². The second-order valence-electron chi connectivity index (χ2n) is 8.05. The highest BCUT2D eigenvalue weighted by Gasteiger charge is 2.29. The zero-order chi connectivity index (χ0) is 21.8. The Bertz CT molecular complexity index is 622. The number of hydrogen-bond acceptors (Lipinski definition) is 4. The van der Waals surface area contributed by atoms with Gasteiger partial charge in [-0.05, 0) is 56.9 Å². The molecule has 2 N–H and O–H groups in total. The lowest BCUT2D eigenvalue weighted by atomic mass is 9.88. The van der Waals surface area contributed by atoms with E-state index in [0.717, 1.165) is 29.5 Å². The number of rotatable bonds is 15. The fraction of sp³-hybridized carbons (Fsp3) is 0.636. The normalized spacial score (nSPS) is 13.4. The Balaban J connectivity index is 2.22. The summed E-state index contributed by atoms with van der Waals surface area (Å²) in [6.07, 6.45) is 3.81. The van der Waals surface area contributed by atoms with Crippen LogP contribution in [0.2, 0.25) is 0 Å². The van der Waals surface area contributed by atoms with Crippen molar-refractivity contribution in [1.82, 2.24) is 10.6 Å². The highest BCUT2D eigenvalue weighted by atomic mass is 79.9. The van der Waals surface area contributed by atoms with Crippen molar-refractivity contribution in [3.8, 4) is 5.75 Å². The van der Waals surface area contributed by atoms with Gasteiger partial charge in [0.1, 0.15) is 5.75 Å². The maximum atomic E-state index is 12.5. The summed E-state index contributed by atoms with van der Waals surface area (Å²) in [4.78, 5) is 23.0. The van der Waals surface area contributed by atoms with E-state index in [-0.39, 0.29) is 5.91 Å². The number of hydrogen-bond donors (Lipinski definition) is 2. The van der Waals surface area contributed by atoms with Crippen LogP contribution in [0.15, 0.2) is 28.7 Å². The Morgan fingerprint density at radius 2 is 1.83 bits per heavy atom. The summed E-state index contributed by atoms with van der Waals surface area (Å²) in [7, 11) is 0. The molecule has 1 atom stereocenters. The molecule has 0 saturated heterocycles. The van der Waals surface area contributed by atoms with Gasteiger partial charge >= 0.3 is 0 Å². The van der Waals surface area contributed by atoms with Crippen LogP contribution in [0, 0.1) is 5.41 Å². The lowest BCUT2D eigenvalue weighted by Crippen LogP contribution is -2.42. The van der Waals surface area contributed by atoms with E-state index in [0.29, 0.717) is 39.1 Å². The molecule has 7 heteroatoms. The molecule has 0 aliphatic rings. The quantitative estimate of drug-likeness (QED) is 0.299. The highest BCUT2D eigenvalue weighted by Crippen LogP contribution is 2.23. The number of amides is 2. The van der Waals surface area contributed by atoms with Crippen molar-refractivity contribution >= 4 is 28.2 Å². The first-order valence-electron chi connectivity index (χ1n) is 10.2. The van der Waals surface area contributed by atoms with Crippen LogP contribution in [-0.2, 0) is 14.3 Å². The van der Waals surface area contributed by atoms with Crippen molar-refractivity contribution in [3.63, 3.8) is 0 Å². The van der Waals surface area contributed by atoms with Crippen LogP contribution in [0.5, 0.6) is 5.75 Å². The van der Waals surface area contributed by atoms with E-state index in [1.165, 1.54) is 0 Å². The predicted molar refractivity (Wildman–Crippen MR) is 119 cm³/mol. The van der Waals surface area contributed by atoms with Crippen molar-refractivity contribution in [1.29, 1.82) is 0 Å². The van der Waals surface area contributed by atoms with Gasteiger partial charge in [-0.1, -0.05) is 36.7 Å². The standard InChI is InChI=1S/C22H35BrN2O4/c1-5-22(4,16-24-17-26)29-15-12-21(2,3)20(27)25-13-6-7-14-28-19-10-8-18(23)9-11-19/h8-11,17H,5-7,12-16H2,1-4H3,(H,24,26)(H,25,27). The Hall–Kier alpha value is -1.60. The molecule has 164 valence electrons. The van der Waals surface area contributed by atoms with Gasteiger partial charge in [0.25, 0.3) is 0 Å². The third-order valence-electron chi connectivity index (χ3n) is 5.04. The number of benzene rings is 1. The van der Waals surface area contributed by atoms with E-state index in [4.69, 9.17) is 9.47 Å². The summed E-state index contributed by atoms with van der Waals surface area (Å²) in [5.41, 5.74) is -0.928. The highest BCUT2D eigenvalue weighted by molar-refractivity contribution is 9.10. The van der Waals surface area contributed by atoms with Gasteiger partial charge in [0, 0.05) is 29.6 Å². The molecule has 0 radical (unpaired) electrons. The zero-order valence-electron chi connectivity index (χ0n) is 18.1. The van der Waals surface area contributed by atoms with E-state index in [1.54, 1.807) is 0 Å². The number of ether oxygens (including phenoxy) is 2. The first-order chi connectivity index (χ1) is 13.7. The van der Waals surface area contributed by atoms with Crippen molar-refractivity contribution in [2.45, 2.75) is 59.0 Å². The summed E-state index contributed by atoms with van der Waals surface area (Å²) >= 11 is 3.40. The molecule has 0 aromatic heterocycles. The molecular formula is C22H35BrN2O4. The van der Waals surface area contributed by atoms with Crippen LogP contribution in [0.3, 0.4) is 0 Å². The van der Waals surface area contributed by atoms with Crippen molar-refractivity contribution in [3.05, 3.63) is 28.7 Å². The van der Waals surface area contributed by atoms with Crippen LogP contribution < -0.4 is 15.4 Å². The summed E-state index contributed by atoms with van der Waals surface area (Å²) in [5.74, 6) is 0.875. The molecule has 0 bridgehead atoms. The van der Waals surface area contributed by atoms with Crippen LogP contribution in [-0.4, -0.2) is 44.2 Å². The maximum absolute atomic E-state index is 12.5. The van der Waals surface area contributed by atoms with Crippen LogP contribution >= 0.6 is 15.9 Å². The van der Waals surface area contributed by atoms with Gasteiger partial charge in [0.15, 0.2) is 0 Å². The van der Waals surface area contributed by atoms with Gasteiger partial charge in [0.05, 0.1) is 12.2 Å². The average Bonchev–Trinajstić information content (AvgIpc) is 2.70. The van der Waals surface area contributed by atoms with Gasteiger partial charge in [-0.25, -0.2) is 0 Å². The summed E-state index contributed by atoms with van der Waals surface area (Å²) in [6, 6.07) is 7.75. The molecule has 0 fully saturated rings. The molecule has 2 amide bonds. The molecule has 1 aromatic rings. The van der Waals surface area contributed by atoms with E-state index >= 15 is 0 Å². The summed E-state index contributed by atoms with van der Waals surface area (Å²) < 4.78 is 12.7. The first-order valence-corrected chi connectivity index (χ1v) is 11.0. The number of carbonyl (C=O) groups is 2. The topological polar surface area (TPSA) is 76.7 Å². The van der Waals surface area contributed by atoms with Crippen molar-refractivity contribution in [2.24, 2.45) is 5.41 Å². The van der Waals surface area contributed by atoms with E-state index in [1.807, 2.05) is 52.0 Å². The number of unbranched alkanes of at least 4 members (excludes halogenated alkanes) is 1. The van der Waals surface area contributed by atoms with E-state index in [2.05, 4.69) is 26.6 Å². The lowest BCUT2D eigenvalue weighted by Gasteiger charge is -2.30. The maximum Gasteiger partial charge on any atom is 0.225 e. The molecule has 1 aromatic carbocycles. The molecule has 0 saturated carbocycles. The second-order valence-corrected chi connectivity index (χ2v) is 8.97. The fourth-order valence-corrected chi connectivity index (χ4v) is 2.86. The molecule has 1 unspecified atom stereocenters. The van der Waals surface area contributed by atoms with E-state index in [9.17, 15) is 9.59 Å². The number of nitrogens with one attached hydrogen (secondary N) is 2. The summed E-state index contributed by atoms with van der Waals surface area (Å²) in [6.45, 7) is 10.0. The Kier molecular flexibility index (Phi) is 11.3. The third kappa shape index (κ3) is 10.1. The summed E-state index contributed by atoms with van der Waals surface area (Å²) in [5, 5.41) is 5.68. The van der Waals surface area contributed by atoms with Gasteiger partial charge < -0.3 is 20.1 Å². The molecule has 1 rings (SSSR count). The van der Waals surface area contributed by atoms with Crippen molar-refractivity contribution < 1.29 is 19.1 Å². The van der Waals surface area contributed by atoms with Crippen LogP contribution in [0.4, 0.5) is 0 Å². The molecule has 0 spiro atoms. The minimum atomic E-state index is -0.513. The Morgan fingerprint density at radius 3 is 2.45 bits per heavy atom. The number of carbonyl (C=O) groups excluding carboxylic acids is 2. The lowest BCUT2D eigenvalue weighted by molar-refractivity contribution is -0.131. The van der Waals surface area contributed by atoms with Gasteiger partial charge in [0.2, 0.25) is 12.3 Å². The van der Waals surface area contributed by atoms with Gasteiger partial charge in [-0.2, -0.15) is 0 Å². The smallest absolute Gasteiger partial charge is 0.225 e. The number of halogens is 1. The third-order valence-corrected chi connectivity index (χ3v) is 5.57. The first kappa shape index (κ1) is 25.4. The molecular weight excluding hydrogens is 436 g/mol. The minimum Gasteiger partial charge on any atom is -0.494 e. The van der Waals surface area contributed by atoms with Crippen LogP contribution in [0.25, 0.3) is 0 Å². The minimum absolute atomic E-state index is 0.0270. The predicted octanol–water partition coefficient (Wildman–Crippen LogP) is 4.07. The van der Waals surface area contributed by atoms with Gasteiger partial charge in [-0.15, -0.1) is 0 Å². The van der Waals surface area contributed by atoms with Crippen molar-refractivity contribution in [2.75, 3.05) is 26.3 Å². The molecule has 6 nitrogen and oxygen atoms in total. The molecule has 0 aliphatic heterocycles. The molecule has 0 aliphatic carbocycles. The fourth-order valence-electron chi connectivity index (χ4n) is 2.59. The SMILES string of the molecule is CCC(C)(CNC=O)OCCC(C)(C)C(=O)NCCCCOc1ccc(Br)cc1. The molecule has 0 heterocycles. The Labute approximate surface area is 183 Å². The van der Waals surface area contributed by atoms with Gasteiger partial charge in [-0.3, -0.25) is 9.59 Å². The van der Waals surface area contributed by atoms with E-state index < -0.39 is 11.0 Å². The Morgan fingerprint density at radius 1 is 1.14 bits per heavy atom. The zero-order valence-corrected chi connectivity index (χ0v) is 19.6. The second kappa shape index (κ2) is 12.9. The average molecular weight is 471 g/mol.